The van der Waals surface area contributed by atoms with Crippen LogP contribution in [0.25, 0.3) is 11.1 Å². The van der Waals surface area contributed by atoms with Gasteiger partial charge in [0.2, 0.25) is 4.91 Å². The van der Waals surface area contributed by atoms with Crippen molar-refractivity contribution in [3.63, 3.8) is 0 Å². The molecule has 0 amide bonds. The molecule has 0 aliphatic rings. The van der Waals surface area contributed by atoms with Crippen molar-refractivity contribution < 1.29 is 0 Å². The Morgan fingerprint density at radius 2 is 0.867 bits per heavy atom. The first kappa shape index (κ1) is 10.8. The van der Waals surface area contributed by atoms with E-state index in [1.54, 1.807) is 0 Å². The summed E-state index contributed by atoms with van der Waals surface area (Å²) in [6.45, 7) is 0. The Balaban J connectivity index is 0.000000337. The standard InChI is InChI=1S/C12H10.H2N3/c1-3-7-11(8-4-1)12-9-5-2-6-10-12;1-3-2/h1-10H;1-2H/q;+1. The van der Waals surface area contributed by atoms with E-state index in [1.807, 2.05) is 17.0 Å². The van der Waals surface area contributed by atoms with Crippen LogP contribution in [0.15, 0.2) is 60.7 Å². The van der Waals surface area contributed by atoms with Crippen molar-refractivity contribution in [1.29, 1.82) is 11.1 Å². The van der Waals surface area contributed by atoms with Crippen molar-refractivity contribution in [2.75, 3.05) is 0 Å². The molecule has 3 heteroatoms. The predicted octanol–water partition coefficient (Wildman–Crippen LogP) is 3.47. The molecular weight excluding hydrogens is 186 g/mol. The lowest BCUT2D eigenvalue weighted by molar-refractivity contribution is 0.928. The Labute approximate surface area is 88.4 Å². The van der Waals surface area contributed by atoms with Crippen LogP contribution >= 0.6 is 0 Å². The molecule has 0 saturated carbocycles. The Hall–Kier alpha value is -2.25. The average Bonchev–Trinajstić information content (AvgIpc) is 2.32. The molecule has 0 unspecified atom stereocenters. The lowest BCUT2D eigenvalue weighted by atomic mass is 10.1. The van der Waals surface area contributed by atoms with E-state index in [-0.39, 0.29) is 0 Å². The summed E-state index contributed by atoms with van der Waals surface area (Å²) in [6.07, 6.45) is 0. The molecule has 0 radical (unpaired) electrons. The summed E-state index contributed by atoms with van der Waals surface area (Å²) in [4.78, 5) is 2.00. The van der Waals surface area contributed by atoms with Crippen LogP contribution in [-0.4, -0.2) is 0 Å². The third-order valence-electron chi connectivity index (χ3n) is 1.88. The quantitative estimate of drug-likeness (QED) is 0.520. The van der Waals surface area contributed by atoms with Crippen LogP contribution in [0.3, 0.4) is 0 Å². The van der Waals surface area contributed by atoms with Gasteiger partial charge in [0.1, 0.15) is 11.1 Å². The van der Waals surface area contributed by atoms with E-state index in [1.165, 1.54) is 11.1 Å². The minimum Gasteiger partial charge on any atom is -0.0622 e. The largest absolute Gasteiger partial charge is 0.211 e. The number of benzene rings is 2. The van der Waals surface area contributed by atoms with Crippen molar-refractivity contribution >= 4 is 0 Å². The minimum absolute atomic E-state index is 1.28. The first-order valence-electron chi connectivity index (χ1n) is 4.52. The molecule has 0 atom stereocenters. The van der Waals surface area contributed by atoms with Crippen LogP contribution in [0.5, 0.6) is 0 Å². The molecule has 3 nitrogen and oxygen atoms in total. The molecule has 2 rings (SSSR count). The van der Waals surface area contributed by atoms with Gasteiger partial charge in [-0.2, -0.15) is 0 Å². The summed E-state index contributed by atoms with van der Waals surface area (Å²) >= 11 is 0. The molecular formula is C12H12N3+. The molecule has 0 aromatic heterocycles. The van der Waals surface area contributed by atoms with E-state index >= 15 is 0 Å². The number of hydrogen-bond donors (Lipinski definition) is 2. The zero-order valence-corrected chi connectivity index (χ0v) is 8.22. The summed E-state index contributed by atoms with van der Waals surface area (Å²) in [6, 6.07) is 20.8. The van der Waals surface area contributed by atoms with Gasteiger partial charge in [0.15, 0.2) is 0 Å². The fraction of sp³-hybridized carbons (Fsp3) is 0. The predicted molar refractivity (Wildman–Crippen MR) is 59.5 cm³/mol. The summed E-state index contributed by atoms with van der Waals surface area (Å²) in [7, 11) is 0. The SMILES string of the molecule is N=[N+]=N.c1ccc(-c2ccccc2)cc1. The molecule has 2 aromatic rings. The van der Waals surface area contributed by atoms with E-state index in [0.29, 0.717) is 0 Å². The molecule has 0 fully saturated rings. The Morgan fingerprint density at radius 3 is 1.13 bits per heavy atom. The summed E-state index contributed by atoms with van der Waals surface area (Å²) in [5.41, 5.74) is 13.6. The molecule has 0 heterocycles. The van der Waals surface area contributed by atoms with E-state index in [0.717, 1.165) is 0 Å². The number of nitrogens with one attached hydrogen (secondary N) is 2. The summed E-state index contributed by atoms with van der Waals surface area (Å²) in [5, 5.41) is 0. The summed E-state index contributed by atoms with van der Waals surface area (Å²) in [5.74, 6) is 0. The van der Waals surface area contributed by atoms with Gasteiger partial charge in [0, 0.05) is 0 Å². The number of rotatable bonds is 1. The lowest BCUT2D eigenvalue weighted by Gasteiger charge is -1.98. The van der Waals surface area contributed by atoms with Crippen LogP contribution in [0, 0.1) is 11.1 Å². The van der Waals surface area contributed by atoms with Gasteiger partial charge in [0.05, 0.1) is 0 Å². The van der Waals surface area contributed by atoms with Crippen LogP contribution in [0.1, 0.15) is 0 Å². The van der Waals surface area contributed by atoms with Gasteiger partial charge >= 0.3 is 0 Å². The maximum Gasteiger partial charge on any atom is 0.211 e. The van der Waals surface area contributed by atoms with E-state index < -0.39 is 0 Å². The smallest absolute Gasteiger partial charge is 0.0622 e. The highest BCUT2D eigenvalue weighted by molar-refractivity contribution is 5.62. The molecule has 0 aliphatic heterocycles. The molecule has 15 heavy (non-hydrogen) atoms. The van der Waals surface area contributed by atoms with Crippen LogP contribution in [0.2, 0.25) is 0 Å². The maximum atomic E-state index is 5.50. The zero-order valence-electron chi connectivity index (χ0n) is 8.22. The second kappa shape index (κ2) is 6.24. The molecule has 0 saturated heterocycles. The lowest BCUT2D eigenvalue weighted by Crippen LogP contribution is -1.73. The highest BCUT2D eigenvalue weighted by Crippen LogP contribution is 2.17. The number of nitrogens with zero attached hydrogens (tertiary/aromatic N) is 1. The molecule has 0 aliphatic carbocycles. The van der Waals surface area contributed by atoms with Gasteiger partial charge in [-0.25, -0.2) is 0 Å². The van der Waals surface area contributed by atoms with Gasteiger partial charge in [-0.1, -0.05) is 60.7 Å². The zero-order chi connectivity index (χ0) is 10.9. The van der Waals surface area contributed by atoms with Crippen LogP contribution in [-0.2, 0) is 0 Å². The van der Waals surface area contributed by atoms with Crippen molar-refractivity contribution in [2.24, 2.45) is 0 Å². The van der Waals surface area contributed by atoms with Crippen molar-refractivity contribution in [3.8, 4) is 11.1 Å². The molecule has 0 spiro atoms. The highest BCUT2D eigenvalue weighted by atomic mass is 15.0. The van der Waals surface area contributed by atoms with Gasteiger partial charge in [-0.15, -0.1) is 0 Å². The van der Waals surface area contributed by atoms with Gasteiger partial charge in [-0.3, -0.25) is 0 Å². The summed E-state index contributed by atoms with van der Waals surface area (Å²) < 4.78 is 0. The third-order valence-corrected chi connectivity index (χ3v) is 1.88. The Bertz CT molecular complexity index is 380. The van der Waals surface area contributed by atoms with E-state index in [4.69, 9.17) is 11.1 Å². The van der Waals surface area contributed by atoms with Crippen LogP contribution in [0.4, 0.5) is 0 Å². The molecule has 74 valence electrons. The molecule has 0 bridgehead atoms. The average molecular weight is 198 g/mol. The monoisotopic (exact) mass is 198 g/mol. The van der Waals surface area contributed by atoms with Gasteiger partial charge < -0.3 is 0 Å². The second-order valence-electron chi connectivity index (χ2n) is 2.84. The van der Waals surface area contributed by atoms with E-state index in [9.17, 15) is 0 Å². The second-order valence-corrected chi connectivity index (χ2v) is 2.84. The third kappa shape index (κ3) is 3.55. The van der Waals surface area contributed by atoms with Crippen molar-refractivity contribution in [1.82, 2.24) is 4.91 Å². The minimum atomic E-state index is 1.28. The number of hydrogen-bond acceptors (Lipinski definition) is 2. The normalized spacial score (nSPS) is 8.27. The van der Waals surface area contributed by atoms with Crippen LogP contribution < -0.4 is 4.91 Å². The Kier molecular flexibility index (Phi) is 4.51. The highest BCUT2D eigenvalue weighted by Gasteiger charge is 1.91. The fourth-order valence-corrected chi connectivity index (χ4v) is 1.26. The van der Waals surface area contributed by atoms with Gasteiger partial charge in [-0.05, 0) is 11.1 Å². The van der Waals surface area contributed by atoms with Gasteiger partial charge in [0.25, 0.3) is 0 Å². The maximum absolute atomic E-state index is 5.50. The first-order chi connectivity index (χ1) is 7.38. The molecule has 2 N–H and O–H groups in total. The first-order valence-corrected chi connectivity index (χ1v) is 4.52. The van der Waals surface area contributed by atoms with Crippen molar-refractivity contribution in [2.45, 2.75) is 0 Å². The van der Waals surface area contributed by atoms with E-state index in [2.05, 4.69) is 48.5 Å². The van der Waals surface area contributed by atoms with Crippen molar-refractivity contribution in [3.05, 3.63) is 60.7 Å². The Morgan fingerprint density at radius 1 is 0.600 bits per heavy atom. The topological polar surface area (TPSA) is 61.8 Å². The fourth-order valence-electron chi connectivity index (χ4n) is 1.26. The molecule has 2 aromatic carbocycles.